The number of ether oxygens (including phenoxy) is 1. The largest absolute Gasteiger partial charge is 0.461 e. The Morgan fingerprint density at radius 1 is 1.58 bits per heavy atom. The Labute approximate surface area is 81.5 Å². The molecule has 0 N–H and O–H groups in total. The first kappa shape index (κ1) is 11.1. The SMILES string of the molecule is Br.CCOC(=O)c1ccccn1. The van der Waals surface area contributed by atoms with E-state index in [0.717, 1.165) is 0 Å². The lowest BCUT2D eigenvalue weighted by molar-refractivity contribution is 0.0519. The van der Waals surface area contributed by atoms with E-state index in [4.69, 9.17) is 4.74 Å². The first-order chi connectivity index (χ1) is 5.34. The monoisotopic (exact) mass is 231 g/mol. The molecular weight excluding hydrogens is 222 g/mol. The fourth-order valence-electron chi connectivity index (χ4n) is 0.689. The van der Waals surface area contributed by atoms with Crippen LogP contribution in [0.15, 0.2) is 24.4 Å². The van der Waals surface area contributed by atoms with Crippen LogP contribution in [0.5, 0.6) is 0 Å². The summed E-state index contributed by atoms with van der Waals surface area (Å²) in [6.45, 7) is 2.15. The molecule has 0 spiro atoms. The molecule has 0 aromatic carbocycles. The molecule has 0 amide bonds. The van der Waals surface area contributed by atoms with Crippen LogP contribution in [0.2, 0.25) is 0 Å². The van der Waals surface area contributed by atoms with E-state index in [-0.39, 0.29) is 23.0 Å². The lowest BCUT2D eigenvalue weighted by Gasteiger charge is -1.98. The predicted octanol–water partition coefficient (Wildman–Crippen LogP) is 1.84. The van der Waals surface area contributed by atoms with Crippen molar-refractivity contribution in [1.29, 1.82) is 0 Å². The Kier molecular flexibility index (Phi) is 5.28. The highest BCUT2D eigenvalue weighted by atomic mass is 79.9. The van der Waals surface area contributed by atoms with E-state index in [1.807, 2.05) is 0 Å². The number of aromatic nitrogens is 1. The number of halogens is 1. The molecule has 1 rings (SSSR count). The molecule has 66 valence electrons. The fraction of sp³-hybridized carbons (Fsp3) is 0.250. The van der Waals surface area contributed by atoms with Crippen molar-refractivity contribution in [2.24, 2.45) is 0 Å². The van der Waals surface area contributed by atoms with Gasteiger partial charge in [-0.25, -0.2) is 9.78 Å². The third kappa shape index (κ3) is 3.00. The molecule has 0 aliphatic carbocycles. The Morgan fingerprint density at radius 3 is 2.83 bits per heavy atom. The average molecular weight is 232 g/mol. The van der Waals surface area contributed by atoms with E-state index >= 15 is 0 Å². The molecule has 4 heteroatoms. The van der Waals surface area contributed by atoms with E-state index in [0.29, 0.717) is 12.3 Å². The van der Waals surface area contributed by atoms with Crippen LogP contribution in [-0.4, -0.2) is 17.6 Å². The summed E-state index contributed by atoms with van der Waals surface area (Å²) < 4.78 is 4.73. The Morgan fingerprint density at radius 2 is 2.33 bits per heavy atom. The topological polar surface area (TPSA) is 39.2 Å². The van der Waals surface area contributed by atoms with Crippen LogP contribution in [0, 0.1) is 0 Å². The summed E-state index contributed by atoms with van der Waals surface area (Å²) in [5.41, 5.74) is 0.356. The molecule has 0 atom stereocenters. The van der Waals surface area contributed by atoms with Gasteiger partial charge in [0.25, 0.3) is 0 Å². The minimum atomic E-state index is -0.367. The lowest BCUT2D eigenvalue weighted by Crippen LogP contribution is -2.05. The van der Waals surface area contributed by atoms with E-state index < -0.39 is 0 Å². The number of esters is 1. The molecule has 12 heavy (non-hydrogen) atoms. The molecule has 0 saturated heterocycles. The zero-order valence-corrected chi connectivity index (χ0v) is 8.40. The van der Waals surface area contributed by atoms with Crippen LogP contribution < -0.4 is 0 Å². The summed E-state index contributed by atoms with van der Waals surface area (Å²) in [7, 11) is 0. The maximum Gasteiger partial charge on any atom is 0.356 e. The molecule has 0 radical (unpaired) electrons. The van der Waals surface area contributed by atoms with E-state index in [9.17, 15) is 4.79 Å². The van der Waals surface area contributed by atoms with E-state index in [1.54, 1.807) is 31.3 Å². The molecule has 1 aromatic heterocycles. The van der Waals surface area contributed by atoms with Gasteiger partial charge in [-0.1, -0.05) is 6.07 Å². The van der Waals surface area contributed by atoms with Gasteiger partial charge in [-0.05, 0) is 19.1 Å². The van der Waals surface area contributed by atoms with Gasteiger partial charge in [0.2, 0.25) is 0 Å². The van der Waals surface area contributed by atoms with Crippen molar-refractivity contribution in [1.82, 2.24) is 4.98 Å². The van der Waals surface area contributed by atoms with Crippen molar-refractivity contribution in [2.45, 2.75) is 6.92 Å². The first-order valence-electron chi connectivity index (χ1n) is 3.42. The van der Waals surface area contributed by atoms with Crippen molar-refractivity contribution in [3.63, 3.8) is 0 Å². The van der Waals surface area contributed by atoms with Gasteiger partial charge < -0.3 is 4.74 Å². The maximum absolute atomic E-state index is 11.0. The molecule has 1 heterocycles. The summed E-state index contributed by atoms with van der Waals surface area (Å²) in [5.74, 6) is -0.367. The second-order valence-electron chi connectivity index (χ2n) is 1.94. The van der Waals surface area contributed by atoms with Crippen molar-refractivity contribution < 1.29 is 9.53 Å². The van der Waals surface area contributed by atoms with Gasteiger partial charge >= 0.3 is 5.97 Å². The van der Waals surface area contributed by atoms with Gasteiger partial charge in [0.1, 0.15) is 5.69 Å². The molecule has 0 bridgehead atoms. The smallest absolute Gasteiger partial charge is 0.356 e. The number of hydrogen-bond donors (Lipinski definition) is 0. The number of rotatable bonds is 2. The van der Waals surface area contributed by atoms with Gasteiger partial charge in [-0.3, -0.25) is 0 Å². The highest BCUT2D eigenvalue weighted by molar-refractivity contribution is 8.93. The average Bonchev–Trinajstić information content (AvgIpc) is 2.07. The fourth-order valence-corrected chi connectivity index (χ4v) is 0.689. The van der Waals surface area contributed by atoms with Gasteiger partial charge in [-0.2, -0.15) is 0 Å². The summed E-state index contributed by atoms with van der Waals surface area (Å²) in [5, 5.41) is 0. The van der Waals surface area contributed by atoms with Gasteiger partial charge in [0, 0.05) is 6.20 Å². The summed E-state index contributed by atoms with van der Waals surface area (Å²) in [6, 6.07) is 5.12. The van der Waals surface area contributed by atoms with Crippen LogP contribution >= 0.6 is 17.0 Å². The lowest BCUT2D eigenvalue weighted by atomic mass is 10.4. The number of pyridine rings is 1. The summed E-state index contributed by atoms with van der Waals surface area (Å²) in [6.07, 6.45) is 1.56. The third-order valence-electron chi connectivity index (χ3n) is 1.15. The highest BCUT2D eigenvalue weighted by Gasteiger charge is 2.04. The highest BCUT2D eigenvalue weighted by Crippen LogP contribution is 1.95. The molecule has 0 aliphatic rings. The minimum absolute atomic E-state index is 0. The number of hydrogen-bond acceptors (Lipinski definition) is 3. The summed E-state index contributed by atoms with van der Waals surface area (Å²) >= 11 is 0. The first-order valence-corrected chi connectivity index (χ1v) is 3.42. The molecule has 0 unspecified atom stereocenters. The molecular formula is C8H10BrNO2. The van der Waals surface area contributed by atoms with Gasteiger partial charge in [0.05, 0.1) is 6.61 Å². The zero-order chi connectivity index (χ0) is 8.10. The molecule has 0 saturated carbocycles. The van der Waals surface area contributed by atoms with Crippen LogP contribution in [0.4, 0.5) is 0 Å². The standard InChI is InChI=1S/C8H9NO2.BrH/c1-2-11-8(10)7-5-3-4-6-9-7;/h3-6H,2H2,1H3;1H. The molecule has 3 nitrogen and oxygen atoms in total. The molecule has 1 aromatic rings. The maximum atomic E-state index is 11.0. The van der Waals surface area contributed by atoms with E-state index in [1.165, 1.54) is 0 Å². The van der Waals surface area contributed by atoms with Crippen molar-refractivity contribution in [3.05, 3.63) is 30.1 Å². The van der Waals surface area contributed by atoms with Crippen molar-refractivity contribution in [2.75, 3.05) is 6.61 Å². The van der Waals surface area contributed by atoms with Crippen LogP contribution in [0.3, 0.4) is 0 Å². The Hall–Kier alpha value is -0.900. The molecule has 0 aliphatic heterocycles. The molecule has 0 fully saturated rings. The second-order valence-corrected chi connectivity index (χ2v) is 1.94. The zero-order valence-electron chi connectivity index (χ0n) is 6.69. The van der Waals surface area contributed by atoms with Crippen LogP contribution in [0.1, 0.15) is 17.4 Å². The Balaban J connectivity index is 0.00000121. The second kappa shape index (κ2) is 5.71. The Bertz CT molecular complexity index is 238. The number of carbonyl (C=O) groups is 1. The normalized spacial score (nSPS) is 8.42. The van der Waals surface area contributed by atoms with Gasteiger partial charge in [0.15, 0.2) is 0 Å². The van der Waals surface area contributed by atoms with Crippen molar-refractivity contribution >= 4 is 23.0 Å². The quantitative estimate of drug-likeness (QED) is 0.730. The van der Waals surface area contributed by atoms with Crippen LogP contribution in [0.25, 0.3) is 0 Å². The van der Waals surface area contributed by atoms with Crippen LogP contribution in [-0.2, 0) is 4.74 Å². The summed E-state index contributed by atoms with van der Waals surface area (Å²) in [4.78, 5) is 14.8. The van der Waals surface area contributed by atoms with Gasteiger partial charge in [-0.15, -0.1) is 17.0 Å². The van der Waals surface area contributed by atoms with E-state index in [2.05, 4.69) is 4.98 Å². The number of nitrogens with zero attached hydrogens (tertiary/aromatic N) is 1. The predicted molar refractivity (Wildman–Crippen MR) is 50.5 cm³/mol. The minimum Gasteiger partial charge on any atom is -0.461 e. The number of carbonyl (C=O) groups excluding carboxylic acids is 1. The van der Waals surface area contributed by atoms with Crippen molar-refractivity contribution in [3.8, 4) is 0 Å². The third-order valence-corrected chi connectivity index (χ3v) is 1.15.